The average molecular weight is 233 g/mol. The lowest BCUT2D eigenvalue weighted by molar-refractivity contribution is -0.118. The van der Waals surface area contributed by atoms with Crippen LogP contribution in [0.4, 0.5) is 0 Å². The molecule has 0 aromatic carbocycles. The fraction of sp³-hybridized carbons (Fsp3) is 0.900. The SMILES string of the molecule is CC(=O)C(C)(C)S(=O)(=O)N1CCCCC1. The molecule has 1 fully saturated rings. The van der Waals surface area contributed by atoms with Crippen LogP contribution in [0.15, 0.2) is 0 Å². The van der Waals surface area contributed by atoms with Crippen LogP contribution in [0, 0.1) is 0 Å². The van der Waals surface area contributed by atoms with Gasteiger partial charge in [-0.15, -0.1) is 0 Å². The molecule has 1 rings (SSSR count). The van der Waals surface area contributed by atoms with Crippen molar-refractivity contribution in [3.63, 3.8) is 0 Å². The van der Waals surface area contributed by atoms with Gasteiger partial charge in [0, 0.05) is 13.1 Å². The summed E-state index contributed by atoms with van der Waals surface area (Å²) in [4.78, 5) is 11.3. The molecule has 5 heteroatoms. The van der Waals surface area contributed by atoms with Crippen LogP contribution in [0.25, 0.3) is 0 Å². The molecule has 0 atom stereocenters. The predicted molar refractivity (Wildman–Crippen MR) is 59.1 cm³/mol. The molecule has 0 radical (unpaired) electrons. The zero-order chi connectivity index (χ0) is 11.7. The van der Waals surface area contributed by atoms with Crippen molar-refractivity contribution in [1.82, 2.24) is 4.31 Å². The highest BCUT2D eigenvalue weighted by Crippen LogP contribution is 2.25. The van der Waals surface area contributed by atoms with E-state index in [1.165, 1.54) is 25.1 Å². The number of hydrogen-bond acceptors (Lipinski definition) is 3. The van der Waals surface area contributed by atoms with E-state index in [9.17, 15) is 13.2 Å². The Morgan fingerprint density at radius 3 is 2.00 bits per heavy atom. The van der Waals surface area contributed by atoms with Gasteiger partial charge in [0.05, 0.1) is 0 Å². The number of ketones is 1. The van der Waals surface area contributed by atoms with E-state index in [0.29, 0.717) is 13.1 Å². The van der Waals surface area contributed by atoms with Crippen molar-refractivity contribution in [3.8, 4) is 0 Å². The van der Waals surface area contributed by atoms with Crippen LogP contribution >= 0.6 is 0 Å². The van der Waals surface area contributed by atoms with Crippen molar-refractivity contribution >= 4 is 15.8 Å². The second kappa shape index (κ2) is 4.22. The highest BCUT2D eigenvalue weighted by atomic mass is 32.2. The molecule has 1 saturated heterocycles. The number of nitrogens with zero attached hydrogens (tertiary/aromatic N) is 1. The molecule has 0 saturated carbocycles. The van der Waals surface area contributed by atoms with E-state index >= 15 is 0 Å². The summed E-state index contributed by atoms with van der Waals surface area (Å²) in [7, 11) is -3.48. The minimum atomic E-state index is -3.48. The number of piperidine rings is 1. The first-order chi connectivity index (χ1) is 6.80. The quantitative estimate of drug-likeness (QED) is 0.735. The van der Waals surface area contributed by atoms with Crippen molar-refractivity contribution in [1.29, 1.82) is 0 Å². The van der Waals surface area contributed by atoms with Crippen LogP contribution in [0.3, 0.4) is 0 Å². The summed E-state index contributed by atoms with van der Waals surface area (Å²) < 4.78 is 24.5. The largest absolute Gasteiger partial charge is 0.298 e. The minimum Gasteiger partial charge on any atom is -0.298 e. The van der Waals surface area contributed by atoms with E-state index in [1.807, 2.05) is 0 Å². The molecule has 0 aromatic rings. The molecule has 88 valence electrons. The van der Waals surface area contributed by atoms with Gasteiger partial charge in [0.15, 0.2) is 5.78 Å². The summed E-state index contributed by atoms with van der Waals surface area (Å²) in [5.74, 6) is -0.298. The molecule has 1 heterocycles. The summed E-state index contributed by atoms with van der Waals surface area (Å²) in [5.41, 5.74) is 0. The van der Waals surface area contributed by atoms with Gasteiger partial charge in [-0.1, -0.05) is 6.42 Å². The molecule has 0 unspecified atom stereocenters. The molecule has 4 nitrogen and oxygen atoms in total. The van der Waals surface area contributed by atoms with Crippen LogP contribution in [0.2, 0.25) is 0 Å². The van der Waals surface area contributed by atoms with E-state index in [4.69, 9.17) is 0 Å². The fourth-order valence-electron chi connectivity index (χ4n) is 1.61. The molecule has 1 aliphatic heterocycles. The number of carbonyl (C=O) groups is 1. The first-order valence-corrected chi connectivity index (χ1v) is 6.75. The van der Waals surface area contributed by atoms with Gasteiger partial charge < -0.3 is 0 Å². The highest BCUT2D eigenvalue weighted by Gasteiger charge is 2.43. The zero-order valence-electron chi connectivity index (χ0n) is 9.62. The van der Waals surface area contributed by atoms with Crippen molar-refractivity contribution in [2.24, 2.45) is 0 Å². The van der Waals surface area contributed by atoms with E-state index in [2.05, 4.69) is 0 Å². The molecule has 0 spiro atoms. The van der Waals surface area contributed by atoms with Crippen LogP contribution in [0.1, 0.15) is 40.0 Å². The number of carbonyl (C=O) groups excluding carboxylic acids is 1. The van der Waals surface area contributed by atoms with Crippen molar-refractivity contribution in [2.75, 3.05) is 13.1 Å². The summed E-state index contributed by atoms with van der Waals surface area (Å²) in [5, 5.41) is 0. The summed E-state index contributed by atoms with van der Waals surface area (Å²) in [6.07, 6.45) is 2.87. The van der Waals surface area contributed by atoms with Gasteiger partial charge in [0.1, 0.15) is 4.75 Å². The van der Waals surface area contributed by atoms with Crippen LogP contribution < -0.4 is 0 Å². The standard InChI is InChI=1S/C10H19NO3S/c1-9(12)10(2,3)15(13,14)11-7-5-4-6-8-11/h4-8H2,1-3H3. The van der Waals surface area contributed by atoms with Crippen LogP contribution in [-0.2, 0) is 14.8 Å². The Morgan fingerprint density at radius 2 is 1.60 bits per heavy atom. The number of Topliss-reactive ketones (excluding diaryl/α,β-unsaturated/α-hetero) is 1. The van der Waals surface area contributed by atoms with E-state index in [-0.39, 0.29) is 5.78 Å². The maximum Gasteiger partial charge on any atom is 0.226 e. The van der Waals surface area contributed by atoms with E-state index in [1.54, 1.807) is 0 Å². The first-order valence-electron chi connectivity index (χ1n) is 5.31. The Hall–Kier alpha value is -0.420. The molecule has 1 aliphatic rings. The van der Waals surface area contributed by atoms with Crippen molar-refractivity contribution in [2.45, 2.75) is 44.8 Å². The molecule has 15 heavy (non-hydrogen) atoms. The third-order valence-electron chi connectivity index (χ3n) is 3.15. The molecule has 0 aliphatic carbocycles. The van der Waals surface area contributed by atoms with Gasteiger partial charge in [0.2, 0.25) is 10.0 Å². The van der Waals surface area contributed by atoms with Gasteiger partial charge in [0.25, 0.3) is 0 Å². The Labute approximate surface area is 91.7 Å². The Kier molecular flexibility index (Phi) is 3.55. The Morgan fingerprint density at radius 1 is 1.13 bits per heavy atom. The molecule has 0 bridgehead atoms. The van der Waals surface area contributed by atoms with Crippen LogP contribution in [-0.4, -0.2) is 36.3 Å². The molecule has 0 amide bonds. The lowest BCUT2D eigenvalue weighted by Crippen LogP contribution is -2.50. The molecular weight excluding hydrogens is 214 g/mol. The third-order valence-corrected chi connectivity index (χ3v) is 5.77. The number of hydrogen-bond donors (Lipinski definition) is 0. The summed E-state index contributed by atoms with van der Waals surface area (Å²) in [6.45, 7) is 5.41. The number of sulfonamides is 1. The minimum absolute atomic E-state index is 0.298. The second-order valence-electron chi connectivity index (χ2n) is 4.53. The third kappa shape index (κ3) is 2.23. The summed E-state index contributed by atoms with van der Waals surface area (Å²) >= 11 is 0. The normalized spacial score (nSPS) is 20.2. The van der Waals surface area contributed by atoms with Gasteiger partial charge in [-0.25, -0.2) is 12.7 Å². The molecule has 0 N–H and O–H groups in total. The smallest absolute Gasteiger partial charge is 0.226 e. The van der Waals surface area contributed by atoms with Crippen molar-refractivity contribution < 1.29 is 13.2 Å². The maximum atomic E-state index is 12.2. The van der Waals surface area contributed by atoms with Gasteiger partial charge in [-0.3, -0.25) is 4.79 Å². The first kappa shape index (κ1) is 12.6. The van der Waals surface area contributed by atoms with Gasteiger partial charge >= 0.3 is 0 Å². The lowest BCUT2D eigenvalue weighted by atomic mass is 10.1. The highest BCUT2D eigenvalue weighted by molar-refractivity contribution is 7.91. The van der Waals surface area contributed by atoms with E-state index in [0.717, 1.165) is 19.3 Å². The predicted octanol–water partition coefficient (Wildman–Crippen LogP) is 1.17. The maximum absolute atomic E-state index is 12.2. The summed E-state index contributed by atoms with van der Waals surface area (Å²) in [6, 6.07) is 0. The number of rotatable bonds is 3. The van der Waals surface area contributed by atoms with Crippen LogP contribution in [0.5, 0.6) is 0 Å². The van der Waals surface area contributed by atoms with E-state index < -0.39 is 14.8 Å². The van der Waals surface area contributed by atoms with Crippen molar-refractivity contribution in [3.05, 3.63) is 0 Å². The molecular formula is C10H19NO3S. The molecule has 0 aromatic heterocycles. The topological polar surface area (TPSA) is 54.5 Å². The van der Waals surface area contributed by atoms with Gasteiger partial charge in [-0.05, 0) is 33.6 Å². The average Bonchev–Trinajstić information content (AvgIpc) is 2.18. The van der Waals surface area contributed by atoms with Gasteiger partial charge in [-0.2, -0.15) is 0 Å². The lowest BCUT2D eigenvalue weighted by Gasteiger charge is -2.32. The Bertz CT molecular complexity index is 340. The second-order valence-corrected chi connectivity index (χ2v) is 7.02. The zero-order valence-corrected chi connectivity index (χ0v) is 10.4. The monoisotopic (exact) mass is 233 g/mol. The Balaban J connectivity index is 2.95. The fourth-order valence-corrected chi connectivity index (χ4v) is 3.36.